The maximum absolute atomic E-state index is 5.94. The van der Waals surface area contributed by atoms with Gasteiger partial charge in [0.05, 0.1) is 6.61 Å². The van der Waals surface area contributed by atoms with Crippen molar-refractivity contribution in [3.63, 3.8) is 0 Å². The molecule has 0 amide bonds. The van der Waals surface area contributed by atoms with Crippen LogP contribution in [0.2, 0.25) is 0 Å². The molecule has 1 aromatic rings. The predicted octanol–water partition coefficient (Wildman–Crippen LogP) is 3.94. The van der Waals surface area contributed by atoms with Gasteiger partial charge in [0, 0.05) is 23.4 Å². The van der Waals surface area contributed by atoms with E-state index in [4.69, 9.17) is 4.74 Å². The van der Waals surface area contributed by atoms with E-state index in [-0.39, 0.29) is 0 Å². The van der Waals surface area contributed by atoms with Gasteiger partial charge < -0.3 is 10.1 Å². The van der Waals surface area contributed by atoms with Crippen LogP contribution in [-0.2, 0) is 0 Å². The molecular formula is C16H25NOS. The second-order valence-corrected chi connectivity index (χ2v) is 6.17. The highest BCUT2D eigenvalue weighted by Gasteiger charge is 2.22. The Morgan fingerprint density at radius 3 is 3.05 bits per heavy atom. The average Bonchev–Trinajstić information content (AvgIpc) is 2.62. The Morgan fingerprint density at radius 1 is 1.47 bits per heavy atom. The number of para-hydroxylation sites is 1. The van der Waals surface area contributed by atoms with Crippen LogP contribution in [0.15, 0.2) is 18.2 Å². The van der Waals surface area contributed by atoms with Crippen LogP contribution < -0.4 is 10.1 Å². The molecule has 2 unspecified atom stereocenters. The van der Waals surface area contributed by atoms with Gasteiger partial charge in [-0.25, -0.2) is 0 Å². The Bertz CT molecular complexity index is 408. The minimum Gasteiger partial charge on any atom is -0.493 e. The van der Waals surface area contributed by atoms with Crippen molar-refractivity contribution in [2.75, 3.05) is 18.6 Å². The fourth-order valence-corrected chi connectivity index (χ4v) is 3.44. The Labute approximate surface area is 121 Å². The minimum atomic E-state index is 0.439. The number of nitrogens with one attached hydrogen (secondary N) is 1. The van der Waals surface area contributed by atoms with Crippen LogP contribution >= 0.6 is 11.8 Å². The molecule has 0 bridgehead atoms. The van der Waals surface area contributed by atoms with Crippen LogP contribution in [0.3, 0.4) is 0 Å². The number of benzene rings is 1. The van der Waals surface area contributed by atoms with Gasteiger partial charge in [-0.3, -0.25) is 0 Å². The predicted molar refractivity (Wildman–Crippen MR) is 84.2 cm³/mol. The third-order valence-electron chi connectivity index (χ3n) is 3.80. The molecule has 1 aliphatic heterocycles. The first-order valence-electron chi connectivity index (χ1n) is 7.23. The van der Waals surface area contributed by atoms with Crippen LogP contribution in [0.5, 0.6) is 5.75 Å². The third-order valence-corrected chi connectivity index (χ3v) is 4.53. The van der Waals surface area contributed by atoms with E-state index in [0.717, 1.165) is 18.8 Å². The molecule has 2 atom stereocenters. The minimum absolute atomic E-state index is 0.439. The van der Waals surface area contributed by atoms with Crippen LogP contribution in [-0.4, -0.2) is 24.7 Å². The number of ether oxygens (including phenoxy) is 1. The topological polar surface area (TPSA) is 21.3 Å². The molecule has 3 heteroatoms. The molecule has 0 radical (unpaired) electrons. The smallest absolute Gasteiger partial charge is 0.126 e. The molecular weight excluding hydrogens is 254 g/mol. The van der Waals surface area contributed by atoms with E-state index in [1.54, 1.807) is 0 Å². The maximum atomic E-state index is 5.94. The van der Waals surface area contributed by atoms with E-state index < -0.39 is 0 Å². The summed E-state index contributed by atoms with van der Waals surface area (Å²) in [4.78, 5) is 0. The summed E-state index contributed by atoms with van der Waals surface area (Å²) in [7, 11) is 0. The fraction of sp³-hybridized carbons (Fsp3) is 0.625. The number of aryl methyl sites for hydroxylation is 1. The van der Waals surface area contributed by atoms with Gasteiger partial charge in [0.2, 0.25) is 0 Å². The Kier molecular flexibility index (Phi) is 5.59. The Morgan fingerprint density at radius 2 is 2.32 bits per heavy atom. The van der Waals surface area contributed by atoms with Crippen LogP contribution in [0.25, 0.3) is 0 Å². The van der Waals surface area contributed by atoms with Gasteiger partial charge in [0.1, 0.15) is 5.75 Å². The molecule has 0 saturated carbocycles. The highest BCUT2D eigenvalue weighted by atomic mass is 32.2. The van der Waals surface area contributed by atoms with Crippen LogP contribution in [0.4, 0.5) is 0 Å². The summed E-state index contributed by atoms with van der Waals surface area (Å²) in [5, 5.41) is 3.83. The van der Waals surface area contributed by atoms with Crippen LogP contribution in [0, 0.1) is 6.92 Å². The summed E-state index contributed by atoms with van der Waals surface area (Å²) in [6.45, 7) is 5.24. The molecule has 0 aromatic heterocycles. The quantitative estimate of drug-likeness (QED) is 0.882. The second-order valence-electron chi connectivity index (χ2n) is 5.26. The number of thioether (sulfide) groups is 1. The van der Waals surface area contributed by atoms with Crippen molar-refractivity contribution in [2.45, 2.75) is 45.2 Å². The lowest BCUT2D eigenvalue weighted by Crippen LogP contribution is -2.34. The second kappa shape index (κ2) is 7.20. The molecule has 0 aliphatic carbocycles. The van der Waals surface area contributed by atoms with Crippen molar-refractivity contribution in [1.29, 1.82) is 0 Å². The summed E-state index contributed by atoms with van der Waals surface area (Å²) in [6.07, 6.45) is 5.65. The van der Waals surface area contributed by atoms with Crippen molar-refractivity contribution in [1.82, 2.24) is 5.32 Å². The summed E-state index contributed by atoms with van der Waals surface area (Å²) in [5.41, 5.74) is 2.60. The van der Waals surface area contributed by atoms with Gasteiger partial charge in [-0.1, -0.05) is 25.1 Å². The van der Waals surface area contributed by atoms with Crippen molar-refractivity contribution in [2.24, 2.45) is 0 Å². The largest absolute Gasteiger partial charge is 0.493 e. The molecule has 1 aliphatic rings. The lowest BCUT2D eigenvalue weighted by molar-refractivity contribution is 0.312. The molecule has 0 fully saturated rings. The summed E-state index contributed by atoms with van der Waals surface area (Å²) >= 11 is 1.92. The lowest BCUT2D eigenvalue weighted by Gasteiger charge is -2.25. The van der Waals surface area contributed by atoms with Crippen molar-refractivity contribution >= 4 is 11.8 Å². The number of fused-ring (bicyclic) bond motifs is 1. The molecule has 0 saturated heterocycles. The van der Waals surface area contributed by atoms with Gasteiger partial charge in [0.15, 0.2) is 0 Å². The zero-order valence-corrected chi connectivity index (χ0v) is 13.1. The number of rotatable bonds is 5. The van der Waals surface area contributed by atoms with E-state index in [2.05, 4.69) is 43.6 Å². The van der Waals surface area contributed by atoms with Gasteiger partial charge >= 0.3 is 0 Å². The van der Waals surface area contributed by atoms with E-state index >= 15 is 0 Å². The van der Waals surface area contributed by atoms with E-state index in [1.807, 2.05) is 11.8 Å². The maximum Gasteiger partial charge on any atom is 0.126 e. The van der Waals surface area contributed by atoms with Crippen LogP contribution in [0.1, 0.15) is 43.4 Å². The Hall–Kier alpha value is -0.670. The SMILES string of the molecule is CCC(CSC)NC1CCCOc2c(C)cccc21. The van der Waals surface area contributed by atoms with Crippen molar-refractivity contribution in [3.8, 4) is 5.75 Å². The normalized spacial score (nSPS) is 20.3. The van der Waals surface area contributed by atoms with E-state index in [9.17, 15) is 0 Å². The first kappa shape index (κ1) is 14.7. The van der Waals surface area contributed by atoms with E-state index in [0.29, 0.717) is 12.1 Å². The van der Waals surface area contributed by atoms with Crippen molar-refractivity contribution < 1.29 is 4.74 Å². The zero-order chi connectivity index (χ0) is 13.7. The Balaban J connectivity index is 2.19. The average molecular weight is 279 g/mol. The molecule has 2 nitrogen and oxygen atoms in total. The highest BCUT2D eigenvalue weighted by molar-refractivity contribution is 7.98. The lowest BCUT2D eigenvalue weighted by atomic mass is 9.99. The van der Waals surface area contributed by atoms with E-state index in [1.165, 1.54) is 29.7 Å². The molecule has 0 spiro atoms. The van der Waals surface area contributed by atoms with Gasteiger partial charge in [-0.15, -0.1) is 0 Å². The third kappa shape index (κ3) is 3.67. The highest BCUT2D eigenvalue weighted by Crippen LogP contribution is 2.34. The summed E-state index contributed by atoms with van der Waals surface area (Å²) < 4.78 is 5.94. The molecule has 2 rings (SSSR count). The molecule has 1 heterocycles. The summed E-state index contributed by atoms with van der Waals surface area (Å²) in [6, 6.07) is 7.53. The molecule has 19 heavy (non-hydrogen) atoms. The molecule has 1 N–H and O–H groups in total. The number of hydrogen-bond donors (Lipinski definition) is 1. The first-order valence-corrected chi connectivity index (χ1v) is 8.63. The first-order chi connectivity index (χ1) is 9.26. The van der Waals surface area contributed by atoms with Crippen molar-refractivity contribution in [3.05, 3.63) is 29.3 Å². The molecule has 1 aromatic carbocycles. The fourth-order valence-electron chi connectivity index (χ4n) is 2.71. The number of hydrogen-bond acceptors (Lipinski definition) is 3. The molecule has 106 valence electrons. The van der Waals surface area contributed by atoms with Gasteiger partial charge in [0.25, 0.3) is 0 Å². The monoisotopic (exact) mass is 279 g/mol. The van der Waals surface area contributed by atoms with Gasteiger partial charge in [-0.2, -0.15) is 11.8 Å². The summed E-state index contributed by atoms with van der Waals surface area (Å²) in [5.74, 6) is 2.28. The standard InChI is InChI=1S/C16H25NOS/c1-4-13(11-19-3)17-15-9-6-10-18-16-12(2)7-5-8-14(15)16/h5,7-8,13,15,17H,4,6,9-11H2,1-3H3. The van der Waals surface area contributed by atoms with Gasteiger partial charge in [-0.05, 0) is 38.0 Å². The zero-order valence-electron chi connectivity index (χ0n) is 12.2.